The van der Waals surface area contributed by atoms with E-state index < -0.39 is 5.12 Å². The Labute approximate surface area is 124 Å². The first-order chi connectivity index (χ1) is 8.97. The van der Waals surface area contributed by atoms with Crippen molar-refractivity contribution in [3.8, 4) is 0 Å². The van der Waals surface area contributed by atoms with Gasteiger partial charge in [0, 0.05) is 10.7 Å². The van der Waals surface area contributed by atoms with E-state index in [2.05, 4.69) is 43.8 Å². The zero-order valence-corrected chi connectivity index (χ0v) is 12.5. The highest BCUT2D eigenvalue weighted by Gasteiger charge is 2.12. The summed E-state index contributed by atoms with van der Waals surface area (Å²) in [4.78, 5) is 19.6. The molecule has 0 aliphatic rings. The molecule has 2 aromatic rings. The molecule has 0 spiro atoms. The zero-order valence-electron chi connectivity index (χ0n) is 10.0. The normalized spacial score (nSPS) is 10.3. The number of hydrogen-bond donors (Lipinski definition) is 3. The standard InChI is InChI=1S/C12H11BrN4OS/c1-6-15-5-8(12(18)19)11(16-6)17-10-3-2-7(13)4-9(10)14/h2-5H,14H2,1H3,(H,18,19)(H,15,16,17). The van der Waals surface area contributed by atoms with Crippen LogP contribution in [0.2, 0.25) is 0 Å². The van der Waals surface area contributed by atoms with Gasteiger partial charge in [-0.25, -0.2) is 9.97 Å². The van der Waals surface area contributed by atoms with Gasteiger partial charge in [0.05, 0.1) is 16.9 Å². The third-order valence-electron chi connectivity index (χ3n) is 2.41. The largest absolute Gasteiger partial charge is 0.397 e. The van der Waals surface area contributed by atoms with Gasteiger partial charge in [-0.2, -0.15) is 0 Å². The third-order valence-corrected chi connectivity index (χ3v) is 3.14. The monoisotopic (exact) mass is 338 g/mol. The van der Waals surface area contributed by atoms with Crippen molar-refractivity contribution in [1.29, 1.82) is 0 Å². The number of aryl methyl sites for hydroxylation is 1. The number of nitrogens with one attached hydrogen (secondary N) is 1. The maximum atomic E-state index is 11.4. The molecule has 2 rings (SSSR count). The Bertz CT molecular complexity index is 648. The Morgan fingerprint density at radius 1 is 1.47 bits per heavy atom. The van der Waals surface area contributed by atoms with E-state index in [-0.39, 0.29) is 0 Å². The number of nitrogen functional groups attached to an aromatic ring is 1. The lowest BCUT2D eigenvalue weighted by Crippen LogP contribution is -2.06. The smallest absolute Gasteiger partial charge is 0.221 e. The predicted octanol–water partition coefficient (Wildman–Crippen LogP) is 2.94. The van der Waals surface area contributed by atoms with Crippen LogP contribution in [0.25, 0.3) is 0 Å². The number of nitrogens with two attached hydrogens (primary N) is 1. The molecular weight excluding hydrogens is 328 g/mol. The molecule has 5 nitrogen and oxygen atoms in total. The van der Waals surface area contributed by atoms with Gasteiger partial charge in [-0.3, -0.25) is 4.79 Å². The molecular formula is C12H11BrN4OS. The van der Waals surface area contributed by atoms with Crippen LogP contribution in [0.15, 0.2) is 28.9 Å². The molecule has 0 aliphatic heterocycles. The summed E-state index contributed by atoms with van der Waals surface area (Å²) in [6.45, 7) is 1.74. The molecule has 0 bridgehead atoms. The molecule has 0 atom stereocenters. The van der Waals surface area contributed by atoms with E-state index in [1.54, 1.807) is 19.1 Å². The van der Waals surface area contributed by atoms with Crippen LogP contribution < -0.4 is 11.1 Å². The molecule has 0 amide bonds. The van der Waals surface area contributed by atoms with Crippen LogP contribution in [0.1, 0.15) is 16.2 Å². The van der Waals surface area contributed by atoms with E-state index in [1.807, 2.05) is 6.07 Å². The molecule has 3 N–H and O–H groups in total. The van der Waals surface area contributed by atoms with Crippen molar-refractivity contribution >= 4 is 50.9 Å². The average Bonchev–Trinajstić information content (AvgIpc) is 2.32. The lowest BCUT2D eigenvalue weighted by atomic mass is 10.2. The van der Waals surface area contributed by atoms with Crippen LogP contribution in [-0.4, -0.2) is 15.1 Å². The van der Waals surface area contributed by atoms with Crippen molar-refractivity contribution in [2.45, 2.75) is 6.92 Å². The second-order valence-electron chi connectivity index (χ2n) is 3.84. The van der Waals surface area contributed by atoms with Crippen molar-refractivity contribution in [1.82, 2.24) is 9.97 Å². The zero-order chi connectivity index (χ0) is 14.0. The van der Waals surface area contributed by atoms with Crippen molar-refractivity contribution in [2.75, 3.05) is 11.1 Å². The predicted molar refractivity (Wildman–Crippen MR) is 81.9 cm³/mol. The van der Waals surface area contributed by atoms with E-state index in [1.165, 1.54) is 6.20 Å². The number of carbonyl (C=O) groups is 1. The Morgan fingerprint density at radius 2 is 2.21 bits per heavy atom. The summed E-state index contributed by atoms with van der Waals surface area (Å²) >= 11 is 7.13. The molecule has 0 aliphatic carbocycles. The Hall–Kier alpha value is -1.60. The molecule has 1 aromatic heterocycles. The van der Waals surface area contributed by atoms with Crippen LogP contribution in [0.5, 0.6) is 0 Å². The number of halogens is 1. The fourth-order valence-corrected chi connectivity index (χ4v) is 2.04. The van der Waals surface area contributed by atoms with Crippen molar-refractivity contribution in [2.24, 2.45) is 0 Å². The highest BCUT2D eigenvalue weighted by Crippen LogP contribution is 2.27. The van der Waals surface area contributed by atoms with E-state index in [0.717, 1.165) is 4.47 Å². The average molecular weight is 339 g/mol. The van der Waals surface area contributed by atoms with Crippen LogP contribution >= 0.6 is 28.6 Å². The van der Waals surface area contributed by atoms with Crippen LogP contribution in [0.3, 0.4) is 0 Å². The minimum Gasteiger partial charge on any atom is -0.397 e. The summed E-state index contributed by atoms with van der Waals surface area (Å²) < 4.78 is 0.875. The van der Waals surface area contributed by atoms with E-state index in [4.69, 9.17) is 5.73 Å². The van der Waals surface area contributed by atoms with Crippen LogP contribution in [0.4, 0.5) is 17.2 Å². The molecule has 0 saturated carbocycles. The lowest BCUT2D eigenvalue weighted by molar-refractivity contribution is 0.109. The van der Waals surface area contributed by atoms with Gasteiger partial charge in [0.15, 0.2) is 0 Å². The number of nitrogens with zero attached hydrogens (tertiary/aromatic N) is 2. The molecule has 0 fully saturated rings. The maximum Gasteiger partial charge on any atom is 0.221 e. The van der Waals surface area contributed by atoms with Gasteiger partial charge >= 0.3 is 0 Å². The number of aromatic nitrogens is 2. The van der Waals surface area contributed by atoms with E-state index in [9.17, 15) is 4.79 Å². The molecule has 0 unspecified atom stereocenters. The summed E-state index contributed by atoms with van der Waals surface area (Å²) in [6.07, 6.45) is 1.44. The maximum absolute atomic E-state index is 11.4. The summed E-state index contributed by atoms with van der Waals surface area (Å²) in [5.74, 6) is 0.943. The summed E-state index contributed by atoms with van der Waals surface area (Å²) in [5.41, 5.74) is 7.40. The van der Waals surface area contributed by atoms with Crippen LogP contribution in [0, 0.1) is 6.92 Å². The van der Waals surface area contributed by atoms with E-state index >= 15 is 0 Å². The van der Waals surface area contributed by atoms with E-state index in [0.29, 0.717) is 28.6 Å². The first kappa shape index (κ1) is 13.8. The van der Waals surface area contributed by atoms with Gasteiger partial charge in [0.25, 0.3) is 0 Å². The molecule has 0 radical (unpaired) electrons. The molecule has 98 valence electrons. The van der Waals surface area contributed by atoms with Crippen molar-refractivity contribution < 1.29 is 4.79 Å². The molecule has 1 aromatic carbocycles. The summed E-state index contributed by atoms with van der Waals surface area (Å²) in [5, 5.41) is 2.62. The SMILES string of the molecule is Cc1ncc(C(=O)S)c(Nc2ccc(Br)cc2N)n1. The minimum absolute atomic E-state index is 0.302. The fourth-order valence-electron chi connectivity index (χ4n) is 1.50. The van der Waals surface area contributed by atoms with Gasteiger partial charge < -0.3 is 11.1 Å². The second kappa shape index (κ2) is 5.58. The summed E-state index contributed by atoms with van der Waals surface area (Å²) in [6, 6.07) is 5.40. The van der Waals surface area contributed by atoms with Gasteiger partial charge in [-0.1, -0.05) is 15.9 Å². The van der Waals surface area contributed by atoms with Crippen molar-refractivity contribution in [3.05, 3.63) is 40.3 Å². The quantitative estimate of drug-likeness (QED) is 0.592. The molecule has 0 saturated heterocycles. The van der Waals surface area contributed by atoms with Crippen molar-refractivity contribution in [3.63, 3.8) is 0 Å². The number of carbonyl (C=O) groups excluding carboxylic acids is 1. The first-order valence-corrected chi connectivity index (χ1v) is 6.60. The Kier molecular flexibility index (Phi) is 4.06. The number of thiol groups is 1. The van der Waals surface area contributed by atoms with Gasteiger partial charge in [-0.15, -0.1) is 12.6 Å². The Morgan fingerprint density at radius 3 is 2.84 bits per heavy atom. The number of benzene rings is 1. The minimum atomic E-state index is -0.404. The topological polar surface area (TPSA) is 80.9 Å². The molecule has 7 heteroatoms. The highest BCUT2D eigenvalue weighted by atomic mass is 79.9. The van der Waals surface area contributed by atoms with Gasteiger partial charge in [0.2, 0.25) is 5.12 Å². The van der Waals surface area contributed by atoms with Gasteiger partial charge in [0.1, 0.15) is 11.6 Å². The first-order valence-electron chi connectivity index (χ1n) is 5.36. The second-order valence-corrected chi connectivity index (χ2v) is 5.16. The Balaban J connectivity index is 2.42. The number of rotatable bonds is 3. The number of hydrogen-bond acceptors (Lipinski definition) is 5. The summed E-state index contributed by atoms with van der Waals surface area (Å²) in [7, 11) is 0. The van der Waals surface area contributed by atoms with Crippen LogP contribution in [-0.2, 0) is 0 Å². The molecule has 1 heterocycles. The van der Waals surface area contributed by atoms with Gasteiger partial charge in [-0.05, 0) is 25.1 Å². The number of anilines is 3. The third kappa shape index (κ3) is 3.24. The molecule has 19 heavy (non-hydrogen) atoms. The fraction of sp³-hybridized carbons (Fsp3) is 0.0833. The lowest BCUT2D eigenvalue weighted by Gasteiger charge is -2.11. The highest BCUT2D eigenvalue weighted by molar-refractivity contribution is 9.10.